The molecular weight excluding hydrogens is 391 g/mol. The zero-order valence-corrected chi connectivity index (χ0v) is 13.1. The molecule has 0 atom stereocenters. The molecule has 146 valence electrons. The van der Waals surface area contributed by atoms with E-state index in [0.717, 1.165) is 19.2 Å². The van der Waals surface area contributed by atoms with Crippen molar-refractivity contribution in [1.82, 2.24) is 9.78 Å². The summed E-state index contributed by atoms with van der Waals surface area (Å²) in [6, 6.07) is 0.929. The lowest BCUT2D eigenvalue weighted by atomic mass is 10.1. The number of carbonyl (C=O) groups is 2. The summed E-state index contributed by atoms with van der Waals surface area (Å²) in [5.74, 6) is -12.5. The third kappa shape index (κ3) is 4.01. The minimum absolute atomic E-state index is 0.142. The molecule has 0 unspecified atom stereocenters. The van der Waals surface area contributed by atoms with Crippen LogP contribution in [0.2, 0.25) is 0 Å². The lowest BCUT2D eigenvalue weighted by molar-refractivity contribution is -0.145. The lowest BCUT2D eigenvalue weighted by Crippen LogP contribution is -2.23. The monoisotopic (exact) mass is 399 g/mol. The number of esters is 1. The number of halogens is 7. The van der Waals surface area contributed by atoms with Crippen LogP contribution in [-0.2, 0) is 20.5 Å². The summed E-state index contributed by atoms with van der Waals surface area (Å²) in [7, 11) is 0. The molecule has 1 N–H and O–H groups in total. The fourth-order valence-electron chi connectivity index (χ4n) is 1.98. The smallest absolute Gasteiger partial charge is 0.422 e. The van der Waals surface area contributed by atoms with Gasteiger partial charge in [-0.3, -0.25) is 9.59 Å². The molecule has 0 spiro atoms. The molecule has 2 aromatic rings. The van der Waals surface area contributed by atoms with Crippen molar-refractivity contribution in [3.8, 4) is 5.69 Å². The summed E-state index contributed by atoms with van der Waals surface area (Å²) in [6.45, 7) is 0.192. The number of anilines is 1. The van der Waals surface area contributed by atoms with Gasteiger partial charge in [0.1, 0.15) is 17.1 Å². The number of amides is 1. The summed E-state index contributed by atoms with van der Waals surface area (Å²) in [4.78, 5) is 22.2. The Morgan fingerprint density at radius 2 is 1.67 bits per heavy atom. The molecule has 0 aliphatic carbocycles. The Kier molecular flexibility index (Phi) is 5.42. The summed E-state index contributed by atoms with van der Waals surface area (Å²) < 4.78 is 97.8. The van der Waals surface area contributed by atoms with E-state index in [1.165, 1.54) is 0 Å². The van der Waals surface area contributed by atoms with Gasteiger partial charge < -0.3 is 10.1 Å². The van der Waals surface area contributed by atoms with Crippen LogP contribution in [0.5, 0.6) is 0 Å². The Morgan fingerprint density at radius 3 is 2.15 bits per heavy atom. The maximum atomic E-state index is 14.0. The molecule has 0 bridgehead atoms. The average molecular weight is 399 g/mol. The summed E-state index contributed by atoms with van der Waals surface area (Å²) >= 11 is 0. The first-order valence-corrected chi connectivity index (χ1v) is 6.85. The van der Waals surface area contributed by atoms with Gasteiger partial charge in [-0.05, 0) is 0 Å². The van der Waals surface area contributed by atoms with Gasteiger partial charge in [-0.2, -0.15) is 18.3 Å². The van der Waals surface area contributed by atoms with Crippen LogP contribution in [0.1, 0.15) is 12.5 Å². The van der Waals surface area contributed by atoms with Crippen molar-refractivity contribution in [3.63, 3.8) is 0 Å². The van der Waals surface area contributed by atoms with Crippen molar-refractivity contribution in [2.75, 3.05) is 11.9 Å². The zero-order valence-electron chi connectivity index (χ0n) is 13.1. The molecule has 0 radical (unpaired) electrons. The molecule has 0 saturated heterocycles. The minimum atomic E-state index is -5.69. The fraction of sp³-hybridized carbons (Fsp3) is 0.214. The molecule has 0 aliphatic rings. The van der Waals surface area contributed by atoms with Crippen LogP contribution in [0.15, 0.2) is 12.3 Å². The van der Waals surface area contributed by atoms with E-state index in [4.69, 9.17) is 0 Å². The second-order valence-corrected chi connectivity index (χ2v) is 4.93. The van der Waals surface area contributed by atoms with E-state index in [1.54, 1.807) is 0 Å². The maximum absolute atomic E-state index is 14.0. The molecule has 13 heteroatoms. The number of rotatable bonds is 4. The number of hydrogen-bond donors (Lipinski definition) is 1. The third-order valence-corrected chi connectivity index (χ3v) is 3.05. The Labute approximate surface area is 145 Å². The van der Waals surface area contributed by atoms with Gasteiger partial charge in [-0.25, -0.2) is 22.2 Å². The summed E-state index contributed by atoms with van der Waals surface area (Å²) in [6.07, 6.45) is -4.85. The van der Waals surface area contributed by atoms with Crippen LogP contribution in [0, 0.1) is 23.3 Å². The number of alkyl halides is 3. The predicted octanol–water partition coefficient (Wildman–Crippen LogP) is 2.95. The summed E-state index contributed by atoms with van der Waals surface area (Å²) in [5, 5.41) is 5.30. The molecule has 0 saturated carbocycles. The normalized spacial score (nSPS) is 11.4. The third-order valence-electron chi connectivity index (χ3n) is 3.05. The Hall–Kier alpha value is -3.12. The molecule has 1 amide bonds. The number of benzene rings is 1. The highest BCUT2D eigenvalue weighted by Crippen LogP contribution is 2.38. The quantitative estimate of drug-likeness (QED) is 0.488. The van der Waals surface area contributed by atoms with Crippen molar-refractivity contribution in [2.45, 2.75) is 13.1 Å². The lowest BCUT2D eigenvalue weighted by Gasteiger charge is -2.15. The molecule has 0 fully saturated rings. The largest absolute Gasteiger partial charge is 0.456 e. The second-order valence-electron chi connectivity index (χ2n) is 4.93. The van der Waals surface area contributed by atoms with Gasteiger partial charge in [0.05, 0.1) is 6.20 Å². The van der Waals surface area contributed by atoms with Crippen molar-refractivity contribution in [2.24, 2.45) is 0 Å². The first kappa shape index (κ1) is 20.2. The van der Waals surface area contributed by atoms with Gasteiger partial charge in [0.25, 0.3) is 5.91 Å². The van der Waals surface area contributed by atoms with Crippen molar-refractivity contribution < 1.29 is 45.1 Å². The van der Waals surface area contributed by atoms with Gasteiger partial charge in [0.15, 0.2) is 29.9 Å². The second kappa shape index (κ2) is 7.25. The minimum Gasteiger partial charge on any atom is -0.456 e. The number of aromatic nitrogens is 2. The molecule has 2 rings (SSSR count). The molecule has 1 aromatic heterocycles. The molecule has 1 aromatic carbocycles. The number of nitrogens with zero attached hydrogens (tertiary/aromatic N) is 2. The number of carbonyl (C=O) groups excluding carboxylic acids is 2. The van der Waals surface area contributed by atoms with E-state index in [1.807, 2.05) is 5.32 Å². The van der Waals surface area contributed by atoms with Crippen LogP contribution in [-0.4, -0.2) is 28.3 Å². The van der Waals surface area contributed by atoms with Crippen molar-refractivity contribution in [3.05, 3.63) is 41.1 Å². The van der Waals surface area contributed by atoms with Crippen LogP contribution in [0.3, 0.4) is 0 Å². The van der Waals surface area contributed by atoms with Gasteiger partial charge in [0.2, 0.25) is 0 Å². The van der Waals surface area contributed by atoms with Crippen LogP contribution >= 0.6 is 0 Å². The van der Waals surface area contributed by atoms with E-state index < -0.39 is 65.0 Å². The van der Waals surface area contributed by atoms with E-state index in [0.29, 0.717) is 0 Å². The first-order valence-electron chi connectivity index (χ1n) is 6.85. The molecule has 1 heterocycles. The predicted molar refractivity (Wildman–Crippen MR) is 73.7 cm³/mol. The van der Waals surface area contributed by atoms with E-state index in [9.17, 15) is 40.3 Å². The van der Waals surface area contributed by atoms with Crippen molar-refractivity contribution >= 4 is 17.7 Å². The van der Waals surface area contributed by atoms with E-state index >= 15 is 0 Å². The van der Waals surface area contributed by atoms with Crippen LogP contribution in [0.4, 0.5) is 36.6 Å². The number of nitrogens with one attached hydrogen (secondary N) is 1. The highest BCUT2D eigenvalue weighted by molar-refractivity contribution is 5.92. The highest BCUT2D eigenvalue weighted by Gasteiger charge is 2.43. The number of hydrogen-bond acceptors (Lipinski definition) is 4. The molecule has 0 aliphatic heterocycles. The molecule has 6 nitrogen and oxygen atoms in total. The Balaban J connectivity index is 2.51. The van der Waals surface area contributed by atoms with Crippen molar-refractivity contribution in [1.29, 1.82) is 0 Å². The number of ether oxygens (including phenoxy) is 1. The zero-order chi connectivity index (χ0) is 20.5. The fourth-order valence-corrected chi connectivity index (χ4v) is 1.98. The van der Waals surface area contributed by atoms with Gasteiger partial charge in [0, 0.05) is 13.0 Å². The average Bonchev–Trinajstić information content (AvgIpc) is 2.98. The maximum Gasteiger partial charge on any atom is 0.422 e. The summed E-state index contributed by atoms with van der Waals surface area (Å²) in [5.41, 5.74) is -4.36. The molecule has 27 heavy (non-hydrogen) atoms. The van der Waals surface area contributed by atoms with Crippen LogP contribution in [0.25, 0.3) is 5.69 Å². The Bertz CT molecular complexity index is 879. The topological polar surface area (TPSA) is 73.2 Å². The van der Waals surface area contributed by atoms with E-state index in [2.05, 4.69) is 9.84 Å². The highest BCUT2D eigenvalue weighted by atomic mass is 19.4. The molecular formula is C14H8F7N3O3. The van der Waals surface area contributed by atoms with E-state index in [-0.39, 0.29) is 4.68 Å². The standard InChI is InChI=1S/C14H8F7N3O3/c1-5(25)27-4-7(26)23-6-2-3-22-24(6)13-11(17)9(15)8(14(19,20)21)10(16)12(13)18/h2-3H,4H2,1H3,(H,23,26). The van der Waals surface area contributed by atoms with Crippen LogP contribution < -0.4 is 5.32 Å². The first-order chi connectivity index (χ1) is 12.4. The van der Waals surface area contributed by atoms with Gasteiger partial charge in [-0.1, -0.05) is 0 Å². The van der Waals surface area contributed by atoms with Gasteiger partial charge in [-0.15, -0.1) is 0 Å². The Morgan fingerprint density at radius 1 is 1.11 bits per heavy atom. The van der Waals surface area contributed by atoms with Gasteiger partial charge >= 0.3 is 12.1 Å². The SMILES string of the molecule is CC(=O)OCC(=O)Nc1ccnn1-c1c(F)c(F)c(C(F)(F)F)c(F)c1F.